The number of methoxy groups -OCH3 is 2. The van der Waals surface area contributed by atoms with Crippen LogP contribution in [0.25, 0.3) is 33.6 Å². The number of H-pyrrole nitrogens is 2. The van der Waals surface area contributed by atoms with E-state index in [4.69, 9.17) is 14.5 Å². The van der Waals surface area contributed by atoms with E-state index < -0.39 is 24.3 Å². The molecule has 4 N–H and O–H groups in total. The summed E-state index contributed by atoms with van der Waals surface area (Å²) in [5.74, 6) is 1.37. The largest absolute Gasteiger partial charge is 0.453 e. The van der Waals surface area contributed by atoms with E-state index in [0.29, 0.717) is 12.5 Å². The van der Waals surface area contributed by atoms with Gasteiger partial charge in [0.05, 0.1) is 50.1 Å². The third-order valence-corrected chi connectivity index (χ3v) is 11.7. The van der Waals surface area contributed by atoms with Crippen molar-refractivity contribution in [3.8, 4) is 33.6 Å². The van der Waals surface area contributed by atoms with Crippen LogP contribution in [0.1, 0.15) is 83.5 Å². The molecule has 4 aromatic rings. The molecule has 3 unspecified atom stereocenters. The number of hydrogen-bond acceptors (Lipinski definition) is 8. The first-order valence-electron chi connectivity index (χ1n) is 19.6. The number of aromatic amines is 2. The Balaban J connectivity index is 1.02. The Hall–Kier alpha value is -5.66. The van der Waals surface area contributed by atoms with Gasteiger partial charge in [-0.3, -0.25) is 9.59 Å². The number of fused-ring (bicyclic) bond motifs is 2. The summed E-state index contributed by atoms with van der Waals surface area (Å²) in [6.45, 7) is 8.25. The maximum Gasteiger partial charge on any atom is 0.407 e. The molecule has 2 saturated heterocycles. The van der Waals surface area contributed by atoms with Crippen LogP contribution in [0.15, 0.2) is 60.9 Å². The summed E-state index contributed by atoms with van der Waals surface area (Å²) in [6, 6.07) is 15.0. The van der Waals surface area contributed by atoms with Gasteiger partial charge in [0.2, 0.25) is 11.8 Å². The number of carbonyl (C=O) groups excluding carboxylic acids is 4. The predicted octanol–water partition coefficient (Wildman–Crippen LogP) is 6.61. The highest BCUT2D eigenvalue weighted by Crippen LogP contribution is 2.50. The minimum atomic E-state index is -0.687. The number of likely N-dealkylation sites (tertiary alicyclic amines) is 2. The van der Waals surface area contributed by atoms with Gasteiger partial charge >= 0.3 is 12.2 Å². The van der Waals surface area contributed by atoms with E-state index in [0.717, 1.165) is 77.4 Å². The number of piperidine rings is 1. The number of nitrogens with one attached hydrogen (secondary N) is 4. The number of imidazole rings is 2. The van der Waals surface area contributed by atoms with Gasteiger partial charge in [0.25, 0.3) is 0 Å². The van der Waals surface area contributed by atoms with Crippen LogP contribution >= 0.6 is 0 Å². The van der Waals surface area contributed by atoms with Gasteiger partial charge in [-0.05, 0) is 72.1 Å². The monoisotopic (exact) mass is 764 g/mol. The zero-order valence-electron chi connectivity index (χ0n) is 32.9. The number of nitrogens with zero attached hydrogens (tertiary/aromatic N) is 4. The average Bonchev–Trinajstić information content (AvgIpc) is 4.06. The molecule has 3 fully saturated rings. The Kier molecular flexibility index (Phi) is 11.2. The third-order valence-electron chi connectivity index (χ3n) is 11.7. The lowest BCUT2D eigenvalue weighted by Crippen LogP contribution is -2.54. The summed E-state index contributed by atoms with van der Waals surface area (Å²) in [6.07, 6.45) is 6.96. The van der Waals surface area contributed by atoms with Crippen molar-refractivity contribution >= 4 is 24.0 Å². The van der Waals surface area contributed by atoms with E-state index in [1.807, 2.05) is 43.7 Å². The van der Waals surface area contributed by atoms with Crippen molar-refractivity contribution in [1.29, 1.82) is 0 Å². The third kappa shape index (κ3) is 7.61. The number of aromatic nitrogens is 4. The molecule has 6 atom stereocenters. The second-order valence-electron chi connectivity index (χ2n) is 15.8. The van der Waals surface area contributed by atoms with Gasteiger partial charge in [0.15, 0.2) is 0 Å². The van der Waals surface area contributed by atoms with E-state index >= 15 is 0 Å². The molecule has 2 aromatic carbocycles. The first kappa shape index (κ1) is 38.6. The first-order valence-corrected chi connectivity index (χ1v) is 19.6. The molecule has 14 nitrogen and oxygen atoms in total. The Morgan fingerprint density at radius 3 is 1.73 bits per heavy atom. The molecule has 1 saturated carbocycles. The first-order chi connectivity index (χ1) is 27.0. The van der Waals surface area contributed by atoms with Crippen molar-refractivity contribution in [3.63, 3.8) is 0 Å². The number of hydrogen-bond donors (Lipinski definition) is 4. The summed E-state index contributed by atoms with van der Waals surface area (Å²) in [7, 11) is 2.59. The number of alkyl carbamates (subject to hydrolysis) is 2. The molecule has 4 amide bonds. The van der Waals surface area contributed by atoms with Crippen LogP contribution in [0, 0.1) is 17.8 Å². The standard InChI is InChI=1S/C42H52N8O6/c1-23(2)34(47-41(53)55-5)39(51)49-19-7-8-33(49)37-43-21-31(45-37)27-13-9-25(10-14-27)26-11-15-28(16-12-26)32-22-44-38(46-32)36-29-17-18-30(20-29)50(36)40(52)35(24(3)4)48-42(54)56-6/h9-16,21-24,29-30,33-36H,7-8,17-20H2,1-6H3,(H,43,45)(H,44,46)(H,47,53)(H,48,54)/t29?,30?,33-,34-,35-,36?/m0/s1. The number of carbonyl (C=O) groups is 4. The van der Waals surface area contributed by atoms with Crippen LogP contribution in [0.4, 0.5) is 9.59 Å². The van der Waals surface area contributed by atoms with Crippen LogP contribution in [0.3, 0.4) is 0 Å². The minimum absolute atomic E-state index is 0.0949. The molecule has 1 aliphatic carbocycles. The summed E-state index contributed by atoms with van der Waals surface area (Å²) >= 11 is 0. The molecule has 0 spiro atoms. The molecule has 7 rings (SSSR count). The van der Waals surface area contributed by atoms with E-state index in [1.54, 1.807) is 6.20 Å². The molecule has 4 heterocycles. The maximum atomic E-state index is 13.9. The van der Waals surface area contributed by atoms with Crippen molar-refractivity contribution in [2.24, 2.45) is 17.8 Å². The molecule has 56 heavy (non-hydrogen) atoms. The van der Waals surface area contributed by atoms with Crippen LogP contribution < -0.4 is 10.6 Å². The predicted molar refractivity (Wildman–Crippen MR) is 210 cm³/mol. The Morgan fingerprint density at radius 1 is 0.696 bits per heavy atom. The number of ether oxygens (including phenoxy) is 2. The Bertz CT molecular complexity index is 2040. The highest BCUT2D eigenvalue weighted by atomic mass is 16.5. The molecule has 3 aliphatic rings. The fourth-order valence-electron chi connectivity index (χ4n) is 8.68. The summed E-state index contributed by atoms with van der Waals surface area (Å²) in [5, 5.41) is 5.45. The van der Waals surface area contributed by atoms with Gasteiger partial charge in [0.1, 0.15) is 23.7 Å². The van der Waals surface area contributed by atoms with Crippen LogP contribution in [-0.2, 0) is 19.1 Å². The average molecular weight is 765 g/mol. The van der Waals surface area contributed by atoms with E-state index in [9.17, 15) is 19.2 Å². The second kappa shape index (κ2) is 16.2. The van der Waals surface area contributed by atoms with Crippen LogP contribution in [0.5, 0.6) is 0 Å². The van der Waals surface area contributed by atoms with Crippen molar-refractivity contribution in [3.05, 3.63) is 72.6 Å². The SMILES string of the molecule is COC(=O)N[C@H](C(=O)N1C2CCC(C2)C1c1ncc(-c2ccc(-c3ccc(-c4cnc([C@@H]5CCCN5C(=O)[C@@H](NC(=O)OC)C(C)C)[nH]4)cc3)cc2)[nH]1)C(C)C. The molecule has 0 radical (unpaired) electrons. The quantitative estimate of drug-likeness (QED) is 0.132. The lowest BCUT2D eigenvalue weighted by molar-refractivity contribution is -0.139. The molecule has 2 aliphatic heterocycles. The van der Waals surface area contributed by atoms with E-state index in [-0.39, 0.29) is 41.8 Å². The number of rotatable bonds is 11. The molecule has 14 heteroatoms. The van der Waals surface area contributed by atoms with Gasteiger partial charge in [0, 0.05) is 12.6 Å². The molecule has 2 aromatic heterocycles. The Labute approximate surface area is 327 Å². The fourth-order valence-corrected chi connectivity index (χ4v) is 8.68. The summed E-state index contributed by atoms with van der Waals surface area (Å²) < 4.78 is 9.57. The van der Waals surface area contributed by atoms with Crippen molar-refractivity contribution < 1.29 is 28.7 Å². The zero-order valence-corrected chi connectivity index (χ0v) is 32.9. The summed E-state index contributed by atoms with van der Waals surface area (Å²) in [4.78, 5) is 71.7. The zero-order chi connectivity index (χ0) is 39.7. The molecular weight excluding hydrogens is 713 g/mol. The van der Waals surface area contributed by atoms with Crippen LogP contribution in [0.2, 0.25) is 0 Å². The van der Waals surface area contributed by atoms with Gasteiger partial charge in [-0.15, -0.1) is 0 Å². The highest BCUT2D eigenvalue weighted by molar-refractivity contribution is 5.87. The molecular formula is C42H52N8O6. The van der Waals surface area contributed by atoms with Crippen molar-refractivity contribution in [2.75, 3.05) is 20.8 Å². The Morgan fingerprint density at radius 2 is 1.20 bits per heavy atom. The smallest absolute Gasteiger partial charge is 0.407 e. The van der Waals surface area contributed by atoms with Crippen molar-refractivity contribution in [2.45, 2.75) is 90.0 Å². The lowest BCUT2D eigenvalue weighted by Gasteiger charge is -2.37. The number of benzene rings is 2. The molecule has 296 valence electrons. The maximum absolute atomic E-state index is 13.9. The topological polar surface area (TPSA) is 175 Å². The van der Waals surface area contributed by atoms with Gasteiger partial charge in [-0.2, -0.15) is 0 Å². The molecule has 2 bridgehead atoms. The lowest BCUT2D eigenvalue weighted by atomic mass is 9.95. The highest BCUT2D eigenvalue weighted by Gasteiger charge is 2.51. The number of amides is 4. The van der Waals surface area contributed by atoms with E-state index in [2.05, 4.69) is 74.1 Å². The van der Waals surface area contributed by atoms with Gasteiger partial charge in [-0.1, -0.05) is 76.2 Å². The van der Waals surface area contributed by atoms with E-state index in [1.165, 1.54) is 14.2 Å². The van der Waals surface area contributed by atoms with Gasteiger partial charge < -0.3 is 39.9 Å². The summed E-state index contributed by atoms with van der Waals surface area (Å²) in [5.41, 5.74) is 5.83. The van der Waals surface area contributed by atoms with Crippen molar-refractivity contribution in [1.82, 2.24) is 40.4 Å². The normalized spacial score (nSPS) is 21.4. The fraction of sp³-hybridized carbons (Fsp3) is 0.476. The van der Waals surface area contributed by atoms with Crippen LogP contribution in [-0.4, -0.2) is 92.6 Å². The second-order valence-corrected chi connectivity index (χ2v) is 15.8. The minimum Gasteiger partial charge on any atom is -0.453 e. The van der Waals surface area contributed by atoms with Gasteiger partial charge in [-0.25, -0.2) is 19.6 Å².